The molecule has 0 heterocycles. The number of rotatable bonds is 17. The Kier molecular flexibility index (Phi) is 100. The van der Waals surface area contributed by atoms with Gasteiger partial charge in [0.15, 0.2) is 0 Å². The van der Waals surface area contributed by atoms with Gasteiger partial charge in [-0.05, 0) is 49.4 Å². The largest absolute Gasteiger partial charge is 1.00 e. The Bertz CT molecular complexity index is 855. The molecule has 5 unspecified atom stereocenters. The van der Waals surface area contributed by atoms with Crippen molar-refractivity contribution in [3.05, 3.63) is 12.8 Å². The number of ether oxygens (including phenoxy) is 2. The summed E-state index contributed by atoms with van der Waals surface area (Å²) in [5, 5.41) is 30.9. The zero-order valence-electron chi connectivity index (χ0n) is 34.6. The number of aliphatic carboxylic acids is 3. The molecule has 52 heavy (non-hydrogen) atoms. The van der Waals surface area contributed by atoms with Gasteiger partial charge in [0.2, 0.25) is 0 Å². The Labute approximate surface area is 422 Å². The summed E-state index contributed by atoms with van der Waals surface area (Å²) >= 11 is 0. The van der Waals surface area contributed by atoms with Crippen molar-refractivity contribution in [3.63, 3.8) is 0 Å². The van der Waals surface area contributed by atoms with Crippen LogP contribution in [-0.2, 0) is 52.6 Å². The summed E-state index contributed by atoms with van der Waals surface area (Å²) in [6.07, 6.45) is 10.9. The van der Waals surface area contributed by atoms with E-state index in [-0.39, 0.29) is 197 Å². The predicted molar refractivity (Wildman–Crippen MR) is 162 cm³/mol. The van der Waals surface area contributed by atoms with Crippen LogP contribution in [0.15, 0.2) is 0 Å². The molecule has 276 valence electrons. The number of carboxylic acid groups (broad SMARTS) is 3. The Morgan fingerprint density at radius 3 is 1.17 bits per heavy atom. The van der Waals surface area contributed by atoms with Gasteiger partial charge in [-0.25, -0.2) is 0 Å². The van der Waals surface area contributed by atoms with E-state index in [1.54, 1.807) is 20.8 Å². The molecule has 5 atom stereocenters. The van der Waals surface area contributed by atoms with Crippen molar-refractivity contribution in [2.24, 2.45) is 29.6 Å². The maximum absolute atomic E-state index is 10.6. The molecule has 0 fully saturated rings. The van der Waals surface area contributed by atoms with Crippen LogP contribution in [0, 0.1) is 42.4 Å². The second kappa shape index (κ2) is 64.0. The first-order valence-electron chi connectivity index (χ1n) is 15.3. The third-order valence-electron chi connectivity index (χ3n) is 5.88. The van der Waals surface area contributed by atoms with Crippen molar-refractivity contribution >= 4 is 42.1 Å². The molecule has 0 spiro atoms. The van der Waals surface area contributed by atoms with E-state index >= 15 is 0 Å². The van der Waals surface area contributed by atoms with Crippen LogP contribution in [0.5, 0.6) is 0 Å². The van der Waals surface area contributed by atoms with Gasteiger partial charge >= 0.3 is 172 Å². The van der Waals surface area contributed by atoms with Crippen molar-refractivity contribution in [2.45, 2.75) is 114 Å². The molecule has 0 aliphatic carbocycles. The van der Waals surface area contributed by atoms with Gasteiger partial charge in [0.1, 0.15) is 13.2 Å². The molecular weight excluding hydrogens is 735 g/mol. The second-order valence-electron chi connectivity index (χ2n) is 10.4. The summed E-state index contributed by atoms with van der Waals surface area (Å²) in [5.74, 6) is -4.21. The normalized spacial score (nSPS) is 11.0. The second-order valence-corrected chi connectivity index (χ2v) is 10.4. The van der Waals surface area contributed by atoms with Crippen LogP contribution in [-0.4, -0.2) is 55.4 Å². The molecule has 0 saturated carbocycles. The van der Waals surface area contributed by atoms with Gasteiger partial charge in [-0.1, -0.05) is 54.4 Å². The van der Waals surface area contributed by atoms with Crippen LogP contribution in [0.3, 0.4) is 0 Å². The Hall–Kier alpha value is 1.11. The van der Waals surface area contributed by atoms with E-state index < -0.39 is 29.7 Å². The van der Waals surface area contributed by atoms with Crippen LogP contribution in [0.25, 0.3) is 0 Å². The smallest absolute Gasteiger partial charge is 0.550 e. The Balaban J connectivity index is -0.0000000453. The topological polar surface area (TPSA) is 241 Å². The molecule has 0 rings (SSSR count). The molecule has 0 aromatic carbocycles. The molecule has 19 heteroatoms. The molecule has 0 aromatic heterocycles. The number of carbonyl (C=O) groups excluding carboxylic acids is 9. The van der Waals surface area contributed by atoms with Gasteiger partial charge < -0.3 is 52.0 Å². The summed E-state index contributed by atoms with van der Waals surface area (Å²) in [5.41, 5.74) is 0. The minimum Gasteiger partial charge on any atom is -0.550 e. The quantitative estimate of drug-likeness (QED) is 0.0576. The SMILES string of the molecule is CC(=O)OCCOC(C)=O.CCC(C)C(=O)[O-].CCC(CC(C)CC(C)C(=O)[O-])C(=O)[O-].C[CH-]CC(C)C[CH-]CC.O=C=O.O=C=O.[Na+].[Na+].[Na+].[Na+].[Na+]. The van der Waals surface area contributed by atoms with Crippen molar-refractivity contribution in [1.82, 2.24) is 0 Å². The number of hydrogen-bond donors (Lipinski definition) is 0. The molecule has 0 aliphatic heterocycles. The zero-order valence-corrected chi connectivity index (χ0v) is 44.6. The average Bonchev–Trinajstić information content (AvgIpc) is 2.98. The molecule has 0 saturated heterocycles. The fourth-order valence-electron chi connectivity index (χ4n) is 3.20. The van der Waals surface area contributed by atoms with Crippen molar-refractivity contribution < 1.29 is 216 Å². The first kappa shape index (κ1) is 81.3. The number of unbranched alkanes of at least 4 members (excludes halogenated alkanes) is 1. The zero-order chi connectivity index (χ0) is 38.4. The van der Waals surface area contributed by atoms with Gasteiger partial charge in [0.25, 0.3) is 0 Å². The van der Waals surface area contributed by atoms with Crippen molar-refractivity contribution in [2.75, 3.05) is 13.2 Å². The van der Waals surface area contributed by atoms with Gasteiger partial charge in [-0.15, -0.1) is 0 Å². The number of esters is 2. The summed E-state index contributed by atoms with van der Waals surface area (Å²) in [4.78, 5) is 83.7. The average molecular weight is 791 g/mol. The van der Waals surface area contributed by atoms with Crippen LogP contribution < -0.4 is 163 Å². The molecular formula is C33H55Na5O14. The van der Waals surface area contributed by atoms with Crippen molar-refractivity contribution in [3.8, 4) is 0 Å². The van der Waals surface area contributed by atoms with Gasteiger partial charge in [-0.3, -0.25) is 9.59 Å². The van der Waals surface area contributed by atoms with Gasteiger partial charge in [-0.2, -0.15) is 45.4 Å². The molecule has 14 nitrogen and oxygen atoms in total. The van der Waals surface area contributed by atoms with Gasteiger partial charge in [0.05, 0.1) is 0 Å². The summed E-state index contributed by atoms with van der Waals surface area (Å²) in [6.45, 7) is 18.2. The fraction of sp³-hybridized carbons (Fsp3) is 0.727. The fourth-order valence-corrected chi connectivity index (χ4v) is 3.20. The van der Waals surface area contributed by atoms with E-state index in [0.29, 0.717) is 25.7 Å². The van der Waals surface area contributed by atoms with Gasteiger partial charge in [0, 0.05) is 31.8 Å². The standard InChI is InChI=1S/C11H20O4.C9H18.C6H10O4.C5H10O2.2CO2.5Na/c1-4-9(11(14)15)6-7(2)5-8(3)10(12)13;1-4-6-8-9(3)7-5-2;1-5(7)9-3-4-10-6(2)8;1-3-4(2)5(6)7;2*2-1-3;;;;;/h7-9H,4-6H2,1-3H3,(H,12,13)(H,14,15);5-6,9H,4,7-8H2,1-3H3;3-4H2,1-2H3;4H,3H2,1-2H3,(H,6,7);;;;;;;/q;-2;;;;;5*+1/p-3. The van der Waals surface area contributed by atoms with Crippen LogP contribution in [0.2, 0.25) is 0 Å². The minimum atomic E-state index is -1.08. The number of carbonyl (C=O) groups is 5. The first-order chi connectivity index (χ1) is 21.8. The summed E-state index contributed by atoms with van der Waals surface area (Å²) in [7, 11) is 0. The van der Waals surface area contributed by atoms with Crippen LogP contribution in [0.1, 0.15) is 114 Å². The van der Waals surface area contributed by atoms with E-state index in [1.807, 2.05) is 13.8 Å². The molecule has 0 bridgehead atoms. The Morgan fingerprint density at radius 1 is 0.596 bits per heavy atom. The van der Waals surface area contributed by atoms with Crippen LogP contribution >= 0.6 is 0 Å². The third kappa shape index (κ3) is 83.9. The maximum atomic E-state index is 10.6. The monoisotopic (exact) mass is 790 g/mol. The van der Waals surface area contributed by atoms with E-state index in [9.17, 15) is 39.3 Å². The Morgan fingerprint density at radius 2 is 0.962 bits per heavy atom. The molecule has 0 N–H and O–H groups in total. The van der Waals surface area contributed by atoms with Crippen LogP contribution in [0.4, 0.5) is 0 Å². The molecule has 0 aliphatic rings. The molecule has 0 amide bonds. The summed E-state index contributed by atoms with van der Waals surface area (Å²) in [6, 6.07) is 0. The summed E-state index contributed by atoms with van der Waals surface area (Å²) < 4.78 is 8.95. The molecule has 0 aromatic rings. The van der Waals surface area contributed by atoms with Crippen molar-refractivity contribution in [1.29, 1.82) is 0 Å². The number of carboxylic acids is 3. The first-order valence-corrected chi connectivity index (χ1v) is 15.3. The van der Waals surface area contributed by atoms with E-state index in [2.05, 4.69) is 43.1 Å². The molecule has 0 radical (unpaired) electrons. The van der Waals surface area contributed by atoms with E-state index in [4.69, 9.17) is 19.2 Å². The van der Waals surface area contributed by atoms with E-state index in [0.717, 1.165) is 5.92 Å². The van der Waals surface area contributed by atoms with E-state index in [1.165, 1.54) is 33.1 Å². The predicted octanol–water partition coefficient (Wildman–Crippen LogP) is -13.4. The number of hydrogen-bond acceptors (Lipinski definition) is 14. The minimum absolute atomic E-state index is 0. The maximum Gasteiger partial charge on any atom is 1.00 e. The third-order valence-corrected chi connectivity index (χ3v) is 5.88.